The third-order valence-electron chi connectivity index (χ3n) is 2.31. The number of pyridine rings is 1. The van der Waals surface area contributed by atoms with Crippen LogP contribution in [0.3, 0.4) is 0 Å². The average molecular weight is 244 g/mol. The van der Waals surface area contributed by atoms with Crippen molar-refractivity contribution in [1.82, 2.24) is 4.57 Å². The van der Waals surface area contributed by atoms with E-state index in [-0.39, 0.29) is 16.6 Å². The van der Waals surface area contributed by atoms with E-state index < -0.39 is 15.4 Å². The Hall–Kier alpha value is -1.30. The van der Waals surface area contributed by atoms with Crippen LogP contribution in [0, 0.1) is 6.92 Å². The second kappa shape index (κ2) is 3.93. The zero-order chi connectivity index (χ0) is 12.7. The van der Waals surface area contributed by atoms with E-state index in [1.165, 1.54) is 10.6 Å². The Morgan fingerprint density at radius 2 is 1.88 bits per heavy atom. The molecule has 0 spiro atoms. The van der Waals surface area contributed by atoms with Gasteiger partial charge in [-0.05, 0) is 26.8 Å². The zero-order valence-electron chi connectivity index (χ0n) is 9.81. The van der Waals surface area contributed by atoms with Crippen molar-refractivity contribution in [2.75, 3.05) is 12.0 Å². The van der Waals surface area contributed by atoms with Crippen molar-refractivity contribution in [1.29, 1.82) is 0 Å². The van der Waals surface area contributed by atoms with Gasteiger partial charge in [0.1, 0.15) is 0 Å². The van der Waals surface area contributed by atoms with Gasteiger partial charge in [-0.15, -0.1) is 0 Å². The van der Waals surface area contributed by atoms with E-state index in [2.05, 4.69) is 0 Å². The van der Waals surface area contributed by atoms with Gasteiger partial charge in [0, 0.05) is 18.0 Å². The number of aryl methyl sites for hydroxylation is 1. The first-order chi connectivity index (χ1) is 7.16. The van der Waals surface area contributed by atoms with Gasteiger partial charge in [-0.25, -0.2) is 8.42 Å². The van der Waals surface area contributed by atoms with Crippen LogP contribution < -0.4 is 11.3 Å². The molecule has 6 heteroatoms. The minimum Gasteiger partial charge on any atom is -0.397 e. The number of hydrogen-bond donors (Lipinski definition) is 1. The van der Waals surface area contributed by atoms with Gasteiger partial charge in [-0.1, -0.05) is 0 Å². The van der Waals surface area contributed by atoms with Crippen molar-refractivity contribution in [3.8, 4) is 0 Å². The van der Waals surface area contributed by atoms with Crippen LogP contribution in [-0.4, -0.2) is 19.2 Å². The molecule has 0 aliphatic carbocycles. The summed E-state index contributed by atoms with van der Waals surface area (Å²) in [4.78, 5) is 11.7. The highest BCUT2D eigenvalue weighted by Gasteiger charge is 2.20. The molecule has 0 amide bonds. The molecule has 0 unspecified atom stereocenters. The molecule has 0 aromatic carbocycles. The lowest BCUT2D eigenvalue weighted by Gasteiger charge is -2.16. The smallest absolute Gasteiger partial charge is 0.271 e. The predicted octanol–water partition coefficient (Wildman–Crippen LogP) is 0.723. The van der Waals surface area contributed by atoms with Gasteiger partial charge < -0.3 is 10.3 Å². The number of anilines is 1. The standard InChI is InChI=1S/C10H16N2O3S/c1-6(2)12-7(3)5-8(11)9(10(12)13)16(4,14)15/h5-6H,11H2,1-4H3. The van der Waals surface area contributed by atoms with Crippen molar-refractivity contribution in [2.45, 2.75) is 31.7 Å². The summed E-state index contributed by atoms with van der Waals surface area (Å²) < 4.78 is 24.4. The summed E-state index contributed by atoms with van der Waals surface area (Å²) in [6.07, 6.45) is 0.986. The lowest BCUT2D eigenvalue weighted by molar-refractivity contribution is 0.549. The molecule has 5 nitrogen and oxygen atoms in total. The number of nitrogen functional groups attached to an aromatic ring is 1. The highest BCUT2D eigenvalue weighted by atomic mass is 32.2. The molecule has 90 valence electrons. The maximum absolute atomic E-state index is 12.0. The van der Waals surface area contributed by atoms with Gasteiger partial charge in [-0.2, -0.15) is 0 Å². The minimum absolute atomic E-state index is 0.0156. The SMILES string of the molecule is Cc1cc(N)c(S(C)(=O)=O)c(=O)n1C(C)C. The molecular weight excluding hydrogens is 228 g/mol. The van der Waals surface area contributed by atoms with Crippen molar-refractivity contribution >= 4 is 15.5 Å². The first kappa shape index (κ1) is 12.8. The largest absolute Gasteiger partial charge is 0.397 e. The Labute approximate surface area is 94.8 Å². The molecule has 0 bridgehead atoms. The van der Waals surface area contributed by atoms with E-state index in [0.29, 0.717) is 5.69 Å². The summed E-state index contributed by atoms with van der Waals surface area (Å²) in [6.45, 7) is 5.36. The monoisotopic (exact) mass is 244 g/mol. The summed E-state index contributed by atoms with van der Waals surface area (Å²) in [5, 5.41) is 0. The van der Waals surface area contributed by atoms with Crippen LogP contribution in [0.2, 0.25) is 0 Å². The Kier molecular flexibility index (Phi) is 3.14. The Morgan fingerprint density at radius 3 is 2.25 bits per heavy atom. The molecule has 1 rings (SSSR count). The van der Waals surface area contributed by atoms with Crippen LogP contribution in [-0.2, 0) is 9.84 Å². The van der Waals surface area contributed by atoms with Crippen molar-refractivity contribution < 1.29 is 8.42 Å². The highest BCUT2D eigenvalue weighted by Crippen LogP contribution is 2.17. The maximum atomic E-state index is 12.0. The molecule has 1 aromatic heterocycles. The lowest BCUT2D eigenvalue weighted by Crippen LogP contribution is -2.29. The number of nitrogens with two attached hydrogens (primary N) is 1. The quantitative estimate of drug-likeness (QED) is 0.831. The van der Waals surface area contributed by atoms with Crippen LogP contribution in [0.25, 0.3) is 0 Å². The summed E-state index contributed by atoms with van der Waals surface area (Å²) in [5.41, 5.74) is 5.71. The number of aromatic nitrogens is 1. The van der Waals surface area contributed by atoms with Gasteiger partial charge in [-0.3, -0.25) is 4.79 Å². The summed E-state index contributed by atoms with van der Waals surface area (Å²) in [5.74, 6) is 0. The fraction of sp³-hybridized carbons (Fsp3) is 0.500. The van der Waals surface area contributed by atoms with Crippen LogP contribution in [0.5, 0.6) is 0 Å². The summed E-state index contributed by atoms with van der Waals surface area (Å²) >= 11 is 0. The first-order valence-electron chi connectivity index (χ1n) is 4.88. The van der Waals surface area contributed by atoms with Crippen LogP contribution >= 0.6 is 0 Å². The third kappa shape index (κ3) is 2.11. The van der Waals surface area contributed by atoms with Crippen LogP contribution in [0.1, 0.15) is 25.6 Å². The molecule has 0 saturated carbocycles. The molecule has 0 atom stereocenters. The lowest BCUT2D eigenvalue weighted by atomic mass is 10.2. The highest BCUT2D eigenvalue weighted by molar-refractivity contribution is 7.90. The molecule has 1 aromatic rings. The van der Waals surface area contributed by atoms with Gasteiger partial charge in [0.05, 0.1) is 5.69 Å². The fourth-order valence-corrected chi connectivity index (χ4v) is 2.67. The van der Waals surface area contributed by atoms with Gasteiger partial charge >= 0.3 is 0 Å². The van der Waals surface area contributed by atoms with Crippen molar-refractivity contribution in [3.63, 3.8) is 0 Å². The van der Waals surface area contributed by atoms with Gasteiger partial charge in [0.15, 0.2) is 14.7 Å². The molecule has 0 saturated heterocycles. The number of nitrogens with zero attached hydrogens (tertiary/aromatic N) is 1. The minimum atomic E-state index is -3.60. The fourth-order valence-electron chi connectivity index (χ4n) is 1.77. The van der Waals surface area contributed by atoms with E-state index in [0.717, 1.165) is 6.26 Å². The molecule has 0 aliphatic heterocycles. The van der Waals surface area contributed by atoms with E-state index in [4.69, 9.17) is 5.73 Å². The average Bonchev–Trinajstić information content (AvgIpc) is 1.97. The molecule has 0 radical (unpaired) electrons. The van der Waals surface area contributed by atoms with Gasteiger partial charge in [0.2, 0.25) is 0 Å². The Balaban J connectivity index is 3.80. The normalized spacial score (nSPS) is 12.1. The number of rotatable bonds is 2. The molecule has 1 heterocycles. The van der Waals surface area contributed by atoms with E-state index in [1.54, 1.807) is 6.92 Å². The molecule has 0 aliphatic rings. The topological polar surface area (TPSA) is 82.2 Å². The van der Waals surface area contributed by atoms with E-state index >= 15 is 0 Å². The Morgan fingerprint density at radius 1 is 1.38 bits per heavy atom. The molecule has 16 heavy (non-hydrogen) atoms. The first-order valence-corrected chi connectivity index (χ1v) is 6.77. The second-order valence-electron chi connectivity index (χ2n) is 4.11. The molecule has 2 N–H and O–H groups in total. The van der Waals surface area contributed by atoms with Crippen LogP contribution in [0.4, 0.5) is 5.69 Å². The number of hydrogen-bond acceptors (Lipinski definition) is 4. The van der Waals surface area contributed by atoms with Crippen molar-refractivity contribution in [3.05, 3.63) is 22.1 Å². The molecule has 0 fully saturated rings. The zero-order valence-corrected chi connectivity index (χ0v) is 10.6. The second-order valence-corrected chi connectivity index (χ2v) is 6.06. The maximum Gasteiger partial charge on any atom is 0.271 e. The molecular formula is C10H16N2O3S. The number of sulfone groups is 1. The van der Waals surface area contributed by atoms with Gasteiger partial charge in [0.25, 0.3) is 5.56 Å². The summed E-state index contributed by atoms with van der Waals surface area (Å²) in [7, 11) is -3.60. The predicted molar refractivity (Wildman–Crippen MR) is 63.3 cm³/mol. The van der Waals surface area contributed by atoms with E-state index in [9.17, 15) is 13.2 Å². The summed E-state index contributed by atoms with van der Waals surface area (Å²) in [6, 6.07) is 1.41. The van der Waals surface area contributed by atoms with Crippen LogP contribution in [0.15, 0.2) is 15.8 Å². The third-order valence-corrected chi connectivity index (χ3v) is 3.46. The van der Waals surface area contributed by atoms with E-state index in [1.807, 2.05) is 13.8 Å². The Bertz CT molecular complexity index is 570. The van der Waals surface area contributed by atoms with Crippen molar-refractivity contribution in [2.24, 2.45) is 0 Å².